The number of nitrogens with one attached hydrogen (secondary N) is 2. The molecule has 2 aromatic rings. The molecular weight excluding hydrogens is 542 g/mol. The molecule has 1 fully saturated rings. The number of rotatable bonds is 14. The lowest BCUT2D eigenvalue weighted by molar-refractivity contribution is -0.149. The number of aliphatic carboxylic acids is 1. The molecule has 3 rings (SSSR count). The van der Waals surface area contributed by atoms with Crippen molar-refractivity contribution in [3.8, 4) is 5.75 Å². The maximum Gasteiger partial charge on any atom is 0.326 e. The fraction of sp³-hybridized carbons (Fsp3) is 0.414. The van der Waals surface area contributed by atoms with Crippen LogP contribution in [-0.4, -0.2) is 82.0 Å². The maximum absolute atomic E-state index is 13.7. The number of benzene rings is 2. The van der Waals surface area contributed by atoms with Crippen LogP contribution in [0, 0.1) is 0 Å². The van der Waals surface area contributed by atoms with Crippen LogP contribution in [0.15, 0.2) is 59.6 Å². The van der Waals surface area contributed by atoms with Gasteiger partial charge < -0.3 is 42.9 Å². The van der Waals surface area contributed by atoms with E-state index < -0.39 is 47.9 Å². The molecule has 4 unspecified atom stereocenters. The second-order valence-electron chi connectivity index (χ2n) is 10.3. The highest BCUT2D eigenvalue weighted by Crippen LogP contribution is 2.20. The summed E-state index contributed by atoms with van der Waals surface area (Å²) in [5.74, 6) is -2.85. The summed E-state index contributed by atoms with van der Waals surface area (Å²) in [6.45, 7) is 0.544. The number of aliphatic imine (C=N–C) groups is 1. The van der Waals surface area contributed by atoms with E-state index >= 15 is 0 Å². The molecule has 4 atom stereocenters. The first-order valence-electron chi connectivity index (χ1n) is 13.8. The topological polar surface area (TPSA) is 226 Å². The summed E-state index contributed by atoms with van der Waals surface area (Å²) in [5.41, 5.74) is 18.1. The van der Waals surface area contributed by atoms with E-state index in [9.17, 15) is 29.4 Å². The molecule has 0 aromatic heterocycles. The third-order valence-corrected chi connectivity index (χ3v) is 7.03. The third-order valence-electron chi connectivity index (χ3n) is 7.03. The zero-order valence-electron chi connectivity index (χ0n) is 23.3. The zero-order valence-corrected chi connectivity index (χ0v) is 23.3. The number of amides is 3. The molecule has 10 N–H and O–H groups in total. The number of hydrogen-bond donors (Lipinski definition) is 7. The fourth-order valence-corrected chi connectivity index (χ4v) is 4.82. The van der Waals surface area contributed by atoms with E-state index in [0.717, 1.165) is 5.56 Å². The van der Waals surface area contributed by atoms with E-state index in [1.165, 1.54) is 17.0 Å². The number of phenolic OH excluding ortho intramolecular Hbond substituents is 1. The molecule has 0 radical (unpaired) electrons. The van der Waals surface area contributed by atoms with Gasteiger partial charge in [0.05, 0.1) is 6.04 Å². The van der Waals surface area contributed by atoms with Gasteiger partial charge >= 0.3 is 5.97 Å². The summed E-state index contributed by atoms with van der Waals surface area (Å²) in [5, 5.41) is 24.8. The first-order chi connectivity index (χ1) is 20.0. The quantitative estimate of drug-likeness (QED) is 0.0874. The summed E-state index contributed by atoms with van der Waals surface area (Å²) in [6.07, 6.45) is 1.73. The molecule has 42 heavy (non-hydrogen) atoms. The number of guanidine groups is 1. The van der Waals surface area contributed by atoms with Gasteiger partial charge in [-0.15, -0.1) is 0 Å². The van der Waals surface area contributed by atoms with Crippen LogP contribution in [0.4, 0.5) is 0 Å². The van der Waals surface area contributed by atoms with Crippen LogP contribution in [0.3, 0.4) is 0 Å². The predicted octanol–water partition coefficient (Wildman–Crippen LogP) is -0.396. The lowest BCUT2D eigenvalue weighted by Gasteiger charge is -2.29. The Bertz CT molecular complexity index is 1250. The number of hydrogen-bond acceptors (Lipinski definition) is 7. The van der Waals surface area contributed by atoms with Crippen LogP contribution < -0.4 is 27.8 Å². The number of carbonyl (C=O) groups is 4. The average molecular weight is 582 g/mol. The molecule has 0 bridgehead atoms. The second-order valence-corrected chi connectivity index (χ2v) is 10.3. The van der Waals surface area contributed by atoms with Gasteiger partial charge in [-0.2, -0.15) is 0 Å². The Hall–Kier alpha value is -4.65. The molecule has 0 spiro atoms. The standard InChI is InChI=1S/C29H39N7O6/c30-21(8-4-14-33-29(31)32)25(38)34-22(16-18-6-2-1-3-7-18)26(39)35-23(17-19-10-12-20(37)13-11-19)27(40)36-15-5-9-24(36)28(41)42/h1-3,6-7,10-13,21-24,37H,4-5,8-9,14-17,30H2,(H,34,38)(H,35,39)(H,41,42)(H4,31,32,33). The van der Waals surface area contributed by atoms with Crippen molar-refractivity contribution in [3.63, 3.8) is 0 Å². The van der Waals surface area contributed by atoms with E-state index in [1.54, 1.807) is 24.3 Å². The molecule has 2 aromatic carbocycles. The van der Waals surface area contributed by atoms with E-state index in [0.29, 0.717) is 31.4 Å². The van der Waals surface area contributed by atoms with Crippen molar-refractivity contribution in [2.75, 3.05) is 13.1 Å². The molecule has 0 saturated carbocycles. The van der Waals surface area contributed by atoms with E-state index in [1.807, 2.05) is 18.2 Å². The number of aromatic hydroxyl groups is 1. The monoisotopic (exact) mass is 581 g/mol. The first-order valence-corrected chi connectivity index (χ1v) is 13.8. The Kier molecular flexibility index (Phi) is 11.7. The van der Waals surface area contributed by atoms with Gasteiger partial charge in [-0.25, -0.2) is 4.79 Å². The number of nitrogens with two attached hydrogens (primary N) is 3. The molecule has 1 aliphatic rings. The van der Waals surface area contributed by atoms with Gasteiger partial charge in [-0.1, -0.05) is 42.5 Å². The van der Waals surface area contributed by atoms with Crippen molar-refractivity contribution in [1.29, 1.82) is 0 Å². The van der Waals surface area contributed by atoms with Crippen molar-refractivity contribution >= 4 is 29.7 Å². The normalized spacial score (nSPS) is 16.6. The number of nitrogens with zero attached hydrogens (tertiary/aromatic N) is 2. The Morgan fingerprint density at radius 2 is 1.55 bits per heavy atom. The van der Waals surface area contributed by atoms with Gasteiger partial charge in [0.2, 0.25) is 17.7 Å². The molecular formula is C29H39N7O6. The number of carboxylic acids is 1. The van der Waals surface area contributed by atoms with Crippen LogP contribution in [0.5, 0.6) is 5.75 Å². The van der Waals surface area contributed by atoms with Gasteiger partial charge in [-0.05, 0) is 48.9 Å². The lowest BCUT2D eigenvalue weighted by Crippen LogP contribution is -2.58. The highest BCUT2D eigenvalue weighted by atomic mass is 16.4. The summed E-state index contributed by atoms with van der Waals surface area (Å²) in [6, 6.07) is 11.1. The molecule has 0 aliphatic carbocycles. The van der Waals surface area contributed by atoms with Crippen LogP contribution in [0.25, 0.3) is 0 Å². The van der Waals surface area contributed by atoms with Crippen molar-refractivity contribution in [3.05, 3.63) is 65.7 Å². The molecule has 3 amide bonds. The molecule has 226 valence electrons. The maximum atomic E-state index is 13.7. The minimum Gasteiger partial charge on any atom is -0.508 e. The van der Waals surface area contributed by atoms with Crippen LogP contribution in [-0.2, 0) is 32.0 Å². The van der Waals surface area contributed by atoms with Gasteiger partial charge in [-0.3, -0.25) is 19.4 Å². The molecule has 1 saturated heterocycles. The SMILES string of the molecule is NC(N)=NCCCC(N)C(=O)NC(Cc1ccccc1)C(=O)NC(Cc1ccc(O)cc1)C(=O)N1CCCC1C(=O)O. The number of likely N-dealkylation sites (tertiary alicyclic amines) is 1. The smallest absolute Gasteiger partial charge is 0.326 e. The van der Waals surface area contributed by atoms with Gasteiger partial charge in [0, 0.05) is 25.9 Å². The molecule has 13 nitrogen and oxygen atoms in total. The Morgan fingerprint density at radius 1 is 0.929 bits per heavy atom. The average Bonchev–Trinajstić information content (AvgIpc) is 3.46. The number of phenols is 1. The summed E-state index contributed by atoms with van der Waals surface area (Å²) < 4.78 is 0. The third kappa shape index (κ3) is 9.47. The van der Waals surface area contributed by atoms with Gasteiger partial charge in [0.25, 0.3) is 0 Å². The Balaban J connectivity index is 1.81. The number of carboxylic acid groups (broad SMARTS) is 1. The van der Waals surface area contributed by atoms with Crippen molar-refractivity contribution in [2.24, 2.45) is 22.2 Å². The summed E-state index contributed by atoms with van der Waals surface area (Å²) >= 11 is 0. The number of carbonyl (C=O) groups excluding carboxylic acids is 3. The Morgan fingerprint density at radius 3 is 2.19 bits per heavy atom. The second kappa shape index (κ2) is 15.4. The van der Waals surface area contributed by atoms with Crippen molar-refractivity contribution in [1.82, 2.24) is 15.5 Å². The highest BCUT2D eigenvalue weighted by molar-refractivity contribution is 5.94. The summed E-state index contributed by atoms with van der Waals surface area (Å²) in [7, 11) is 0. The highest BCUT2D eigenvalue weighted by Gasteiger charge is 2.38. The Labute approximate surface area is 244 Å². The van der Waals surface area contributed by atoms with E-state index in [-0.39, 0.29) is 37.5 Å². The first kappa shape index (κ1) is 31.9. The van der Waals surface area contributed by atoms with Crippen LogP contribution >= 0.6 is 0 Å². The van der Waals surface area contributed by atoms with Crippen molar-refractivity contribution < 1.29 is 29.4 Å². The minimum absolute atomic E-state index is 0.0384. The summed E-state index contributed by atoms with van der Waals surface area (Å²) in [4.78, 5) is 57.2. The molecule has 1 heterocycles. The lowest BCUT2D eigenvalue weighted by atomic mass is 10.0. The predicted molar refractivity (Wildman–Crippen MR) is 156 cm³/mol. The van der Waals surface area contributed by atoms with E-state index in [4.69, 9.17) is 17.2 Å². The van der Waals surface area contributed by atoms with E-state index in [2.05, 4.69) is 15.6 Å². The van der Waals surface area contributed by atoms with Crippen molar-refractivity contribution in [2.45, 2.75) is 62.7 Å². The fourth-order valence-electron chi connectivity index (χ4n) is 4.82. The van der Waals surface area contributed by atoms with Gasteiger partial charge in [0.1, 0.15) is 23.9 Å². The molecule has 13 heteroatoms. The largest absolute Gasteiger partial charge is 0.508 e. The minimum atomic E-state index is -1.12. The van der Waals surface area contributed by atoms with Crippen LogP contribution in [0.2, 0.25) is 0 Å². The zero-order chi connectivity index (χ0) is 30.6. The van der Waals surface area contributed by atoms with Gasteiger partial charge in [0.15, 0.2) is 5.96 Å². The molecule has 1 aliphatic heterocycles. The van der Waals surface area contributed by atoms with Crippen LogP contribution in [0.1, 0.15) is 36.8 Å².